The number of carbonyl (C=O) groups excluding carboxylic acids is 1. The fourth-order valence-electron chi connectivity index (χ4n) is 2.80. The third-order valence-corrected chi connectivity index (χ3v) is 5.16. The Morgan fingerprint density at radius 2 is 1.63 bits per heavy atom. The van der Waals surface area contributed by atoms with Gasteiger partial charge in [0.15, 0.2) is 0 Å². The van der Waals surface area contributed by atoms with Crippen molar-refractivity contribution in [2.75, 3.05) is 36.4 Å². The first-order valence-electron chi connectivity index (χ1n) is 8.23. The van der Waals surface area contributed by atoms with Gasteiger partial charge in [-0.05, 0) is 48.2 Å². The van der Waals surface area contributed by atoms with Gasteiger partial charge in [0.25, 0.3) is 0 Å². The standard InChI is InChI=1S/C18H17ClF3N3OS/c19-15-3-1-2-4-16(15)24-9-11-25(12-10-24)17(26)23-13-5-7-14(8-6-13)27-18(20,21)22/h1-8H,9-12H2,(H,23,26). The number of nitrogens with zero attached hydrogens (tertiary/aromatic N) is 2. The van der Waals surface area contributed by atoms with Crippen LogP contribution in [0, 0.1) is 0 Å². The van der Waals surface area contributed by atoms with E-state index < -0.39 is 5.51 Å². The second-order valence-corrected chi connectivity index (χ2v) is 7.47. The fraction of sp³-hybridized carbons (Fsp3) is 0.278. The number of piperazine rings is 1. The van der Waals surface area contributed by atoms with Crippen molar-refractivity contribution in [3.05, 3.63) is 53.6 Å². The fourth-order valence-corrected chi connectivity index (χ4v) is 3.60. The molecule has 2 aromatic carbocycles. The topological polar surface area (TPSA) is 35.6 Å². The number of nitrogens with one attached hydrogen (secondary N) is 1. The van der Waals surface area contributed by atoms with Crippen LogP contribution in [0.15, 0.2) is 53.4 Å². The summed E-state index contributed by atoms with van der Waals surface area (Å²) in [4.78, 5) is 16.2. The summed E-state index contributed by atoms with van der Waals surface area (Å²) in [5.41, 5.74) is -2.93. The van der Waals surface area contributed by atoms with Crippen LogP contribution in [0.5, 0.6) is 0 Å². The Hall–Kier alpha value is -2.06. The predicted octanol–water partition coefficient (Wildman–Crippen LogP) is 5.31. The first-order valence-corrected chi connectivity index (χ1v) is 9.42. The van der Waals surface area contributed by atoms with Crippen LogP contribution in [0.1, 0.15) is 0 Å². The summed E-state index contributed by atoms with van der Waals surface area (Å²) in [6, 6.07) is 12.9. The third-order valence-electron chi connectivity index (χ3n) is 4.10. The van der Waals surface area contributed by atoms with Crippen LogP contribution in [0.25, 0.3) is 0 Å². The Kier molecular flexibility index (Phi) is 6.06. The zero-order chi connectivity index (χ0) is 19.4. The summed E-state index contributed by atoms with van der Waals surface area (Å²) in [6.45, 7) is 2.36. The molecule has 1 saturated heterocycles. The van der Waals surface area contributed by atoms with Crippen LogP contribution in [0.2, 0.25) is 5.02 Å². The van der Waals surface area contributed by atoms with E-state index in [0.29, 0.717) is 36.9 Å². The van der Waals surface area contributed by atoms with E-state index in [1.165, 1.54) is 24.3 Å². The van der Waals surface area contributed by atoms with E-state index in [-0.39, 0.29) is 22.7 Å². The molecule has 4 nitrogen and oxygen atoms in total. The lowest BCUT2D eigenvalue weighted by Crippen LogP contribution is -2.50. The molecule has 27 heavy (non-hydrogen) atoms. The van der Waals surface area contributed by atoms with Crippen LogP contribution in [0.4, 0.5) is 29.3 Å². The van der Waals surface area contributed by atoms with Crippen molar-refractivity contribution in [2.24, 2.45) is 0 Å². The molecule has 3 rings (SSSR count). The van der Waals surface area contributed by atoms with Crippen molar-refractivity contribution in [1.29, 1.82) is 0 Å². The molecule has 1 fully saturated rings. The Morgan fingerprint density at radius 3 is 2.22 bits per heavy atom. The van der Waals surface area contributed by atoms with Gasteiger partial charge < -0.3 is 15.1 Å². The average molecular weight is 416 g/mol. The Balaban J connectivity index is 1.53. The Bertz CT molecular complexity index is 793. The molecule has 144 valence electrons. The number of urea groups is 1. The van der Waals surface area contributed by atoms with Crippen LogP contribution in [-0.4, -0.2) is 42.6 Å². The molecular formula is C18H17ClF3N3OS. The summed E-state index contributed by atoms with van der Waals surface area (Å²) in [6.07, 6.45) is 0. The van der Waals surface area contributed by atoms with Gasteiger partial charge in [-0.25, -0.2) is 4.79 Å². The molecular weight excluding hydrogens is 399 g/mol. The van der Waals surface area contributed by atoms with Gasteiger partial charge in [0.2, 0.25) is 0 Å². The van der Waals surface area contributed by atoms with Crippen LogP contribution >= 0.6 is 23.4 Å². The van der Waals surface area contributed by atoms with Gasteiger partial charge in [-0.1, -0.05) is 23.7 Å². The van der Waals surface area contributed by atoms with Gasteiger partial charge in [-0.15, -0.1) is 0 Å². The minimum absolute atomic E-state index is 0.0776. The summed E-state index contributed by atoms with van der Waals surface area (Å²) < 4.78 is 37.0. The van der Waals surface area contributed by atoms with Crippen LogP contribution in [-0.2, 0) is 0 Å². The number of hydrogen-bond acceptors (Lipinski definition) is 3. The Morgan fingerprint density at radius 1 is 1.00 bits per heavy atom. The third kappa shape index (κ3) is 5.46. The first-order chi connectivity index (χ1) is 12.8. The molecule has 0 aromatic heterocycles. The maximum atomic E-state index is 12.4. The van der Waals surface area contributed by atoms with E-state index in [0.717, 1.165) is 5.69 Å². The number of alkyl halides is 3. The molecule has 0 saturated carbocycles. The van der Waals surface area contributed by atoms with E-state index >= 15 is 0 Å². The molecule has 0 bridgehead atoms. The van der Waals surface area contributed by atoms with Crippen molar-refractivity contribution in [1.82, 2.24) is 4.90 Å². The second-order valence-electron chi connectivity index (χ2n) is 5.93. The smallest absolute Gasteiger partial charge is 0.367 e. The number of halogens is 4. The van der Waals surface area contributed by atoms with Gasteiger partial charge in [-0.2, -0.15) is 13.2 Å². The minimum atomic E-state index is -4.33. The molecule has 1 aliphatic heterocycles. The van der Waals surface area contributed by atoms with Crippen molar-refractivity contribution in [2.45, 2.75) is 10.4 Å². The minimum Gasteiger partial charge on any atom is -0.367 e. The summed E-state index contributed by atoms with van der Waals surface area (Å²) in [5, 5.41) is 3.39. The molecule has 0 radical (unpaired) electrons. The van der Waals surface area contributed by atoms with Crippen molar-refractivity contribution >= 4 is 40.8 Å². The molecule has 9 heteroatoms. The quantitative estimate of drug-likeness (QED) is 0.690. The average Bonchev–Trinajstić information content (AvgIpc) is 2.63. The van der Waals surface area contributed by atoms with Crippen LogP contribution in [0.3, 0.4) is 0 Å². The van der Waals surface area contributed by atoms with Gasteiger partial charge in [0.1, 0.15) is 0 Å². The summed E-state index contributed by atoms with van der Waals surface area (Å²) in [5.74, 6) is 0. The van der Waals surface area contributed by atoms with Crippen LogP contribution < -0.4 is 10.2 Å². The highest BCUT2D eigenvalue weighted by molar-refractivity contribution is 8.00. The molecule has 0 atom stereocenters. The Labute approximate surface area is 164 Å². The number of rotatable bonds is 3. The number of thioether (sulfide) groups is 1. The lowest BCUT2D eigenvalue weighted by molar-refractivity contribution is -0.0328. The SMILES string of the molecule is O=C(Nc1ccc(SC(F)(F)F)cc1)N1CCN(c2ccccc2Cl)CC1. The number of amides is 2. The lowest BCUT2D eigenvalue weighted by Gasteiger charge is -2.36. The second kappa shape index (κ2) is 8.31. The highest BCUT2D eigenvalue weighted by Gasteiger charge is 2.29. The molecule has 1 aliphatic rings. The summed E-state index contributed by atoms with van der Waals surface area (Å²) in [7, 11) is 0. The molecule has 1 heterocycles. The highest BCUT2D eigenvalue weighted by atomic mass is 35.5. The zero-order valence-corrected chi connectivity index (χ0v) is 15.7. The van der Waals surface area contributed by atoms with E-state index in [1.54, 1.807) is 4.90 Å². The van der Waals surface area contributed by atoms with E-state index in [9.17, 15) is 18.0 Å². The maximum Gasteiger partial charge on any atom is 0.446 e. The maximum absolute atomic E-state index is 12.4. The summed E-state index contributed by atoms with van der Waals surface area (Å²) >= 11 is 6.03. The largest absolute Gasteiger partial charge is 0.446 e. The van der Waals surface area contributed by atoms with Crippen molar-refractivity contribution in [3.63, 3.8) is 0 Å². The van der Waals surface area contributed by atoms with E-state index in [2.05, 4.69) is 10.2 Å². The molecule has 2 amide bonds. The number of para-hydroxylation sites is 1. The zero-order valence-electron chi connectivity index (χ0n) is 14.2. The van der Waals surface area contributed by atoms with Crippen molar-refractivity contribution < 1.29 is 18.0 Å². The van der Waals surface area contributed by atoms with Gasteiger partial charge in [0.05, 0.1) is 10.7 Å². The number of hydrogen-bond donors (Lipinski definition) is 1. The molecule has 0 unspecified atom stereocenters. The van der Waals surface area contributed by atoms with Gasteiger partial charge in [0, 0.05) is 36.8 Å². The van der Waals surface area contributed by atoms with Gasteiger partial charge in [-0.3, -0.25) is 0 Å². The predicted molar refractivity (Wildman–Crippen MR) is 103 cm³/mol. The number of anilines is 2. The first kappa shape index (κ1) is 19.7. The van der Waals surface area contributed by atoms with E-state index in [1.807, 2.05) is 24.3 Å². The number of benzene rings is 2. The normalized spacial score (nSPS) is 15.0. The van der Waals surface area contributed by atoms with Crippen molar-refractivity contribution in [3.8, 4) is 0 Å². The molecule has 2 aromatic rings. The molecule has 0 aliphatic carbocycles. The van der Waals surface area contributed by atoms with E-state index in [4.69, 9.17) is 11.6 Å². The highest BCUT2D eigenvalue weighted by Crippen LogP contribution is 2.37. The van der Waals surface area contributed by atoms with Gasteiger partial charge >= 0.3 is 11.5 Å². The monoisotopic (exact) mass is 415 g/mol. The molecule has 1 N–H and O–H groups in total. The number of carbonyl (C=O) groups is 1. The molecule has 0 spiro atoms. The lowest BCUT2D eigenvalue weighted by atomic mass is 10.2.